The maximum atomic E-state index is 13.7. The van der Waals surface area contributed by atoms with E-state index in [4.69, 9.17) is 0 Å². The Morgan fingerprint density at radius 2 is 2.29 bits per heavy atom. The second kappa shape index (κ2) is 5.06. The lowest BCUT2D eigenvalue weighted by Gasteiger charge is -2.10. The third kappa shape index (κ3) is 2.98. The van der Waals surface area contributed by atoms with E-state index in [0.29, 0.717) is 10.1 Å². The van der Waals surface area contributed by atoms with Gasteiger partial charge in [-0.1, -0.05) is 6.07 Å². The van der Waals surface area contributed by atoms with Crippen molar-refractivity contribution in [2.75, 3.05) is 7.11 Å². The predicted molar refractivity (Wildman–Crippen MR) is 62.3 cm³/mol. The van der Waals surface area contributed by atoms with E-state index in [1.54, 1.807) is 12.1 Å². The van der Waals surface area contributed by atoms with Crippen LogP contribution in [0, 0.1) is 5.82 Å². The molecular formula is C12H13FO3S. The van der Waals surface area contributed by atoms with Gasteiger partial charge in [-0.3, -0.25) is 0 Å². The predicted octanol–water partition coefficient (Wildman–Crippen LogP) is 2.29. The number of rotatable bonds is 4. The molecule has 0 radical (unpaired) electrons. The topological polar surface area (TPSA) is 46.5 Å². The summed E-state index contributed by atoms with van der Waals surface area (Å²) < 4.78 is 18.1. The summed E-state index contributed by atoms with van der Waals surface area (Å²) in [7, 11) is 1.18. The van der Waals surface area contributed by atoms with Crippen LogP contribution in [0.15, 0.2) is 23.1 Å². The zero-order chi connectivity index (χ0) is 12.4. The van der Waals surface area contributed by atoms with Crippen LogP contribution in [0.1, 0.15) is 24.5 Å². The molecule has 3 nitrogen and oxygen atoms in total. The summed E-state index contributed by atoms with van der Waals surface area (Å²) in [4.78, 5) is 11.7. The van der Waals surface area contributed by atoms with Crippen molar-refractivity contribution in [2.45, 2.75) is 29.1 Å². The molecule has 0 saturated heterocycles. The van der Waals surface area contributed by atoms with Gasteiger partial charge in [0.05, 0.1) is 7.11 Å². The highest BCUT2D eigenvalue weighted by Crippen LogP contribution is 2.40. The van der Waals surface area contributed by atoms with Gasteiger partial charge < -0.3 is 9.84 Å². The van der Waals surface area contributed by atoms with Crippen molar-refractivity contribution in [1.82, 2.24) is 0 Å². The molecule has 1 aliphatic carbocycles. The number of hydrogen-bond acceptors (Lipinski definition) is 4. The number of benzene rings is 1. The van der Waals surface area contributed by atoms with E-state index in [9.17, 15) is 14.3 Å². The number of methoxy groups -OCH3 is 1. The molecule has 0 amide bonds. The minimum Gasteiger partial charge on any atom is -0.467 e. The zero-order valence-corrected chi connectivity index (χ0v) is 10.2. The van der Waals surface area contributed by atoms with Crippen LogP contribution in [0.25, 0.3) is 0 Å². The highest BCUT2D eigenvalue weighted by molar-refractivity contribution is 8.00. The van der Waals surface area contributed by atoms with E-state index in [2.05, 4.69) is 4.74 Å². The van der Waals surface area contributed by atoms with E-state index >= 15 is 0 Å². The second-order valence-electron chi connectivity index (χ2n) is 3.93. The zero-order valence-electron chi connectivity index (χ0n) is 9.35. The number of aliphatic hydroxyl groups excluding tert-OH is 1. The Hall–Kier alpha value is -1.07. The van der Waals surface area contributed by atoms with Crippen molar-refractivity contribution in [2.24, 2.45) is 0 Å². The Morgan fingerprint density at radius 1 is 1.59 bits per heavy atom. The lowest BCUT2D eigenvalue weighted by Crippen LogP contribution is -2.13. The highest BCUT2D eigenvalue weighted by Gasteiger charge is 2.25. The summed E-state index contributed by atoms with van der Waals surface area (Å²) >= 11 is 1.50. The third-order valence-corrected chi connectivity index (χ3v) is 3.90. The largest absolute Gasteiger partial charge is 0.467 e. The van der Waals surface area contributed by atoms with Crippen molar-refractivity contribution in [3.8, 4) is 0 Å². The number of carbonyl (C=O) groups excluding carboxylic acids is 1. The van der Waals surface area contributed by atoms with E-state index in [1.807, 2.05) is 0 Å². The molecule has 1 aromatic carbocycles. The van der Waals surface area contributed by atoms with Crippen LogP contribution in [0.3, 0.4) is 0 Å². The summed E-state index contributed by atoms with van der Waals surface area (Å²) in [5.74, 6) is -1.19. The van der Waals surface area contributed by atoms with Crippen LogP contribution in [0.2, 0.25) is 0 Å². The molecule has 1 fully saturated rings. The van der Waals surface area contributed by atoms with Crippen LogP contribution in [0.4, 0.5) is 4.39 Å². The maximum Gasteiger partial charge on any atom is 0.339 e. The number of carbonyl (C=O) groups is 1. The minimum absolute atomic E-state index is 0.217. The quantitative estimate of drug-likeness (QED) is 0.840. The third-order valence-electron chi connectivity index (χ3n) is 2.51. The molecule has 1 saturated carbocycles. The summed E-state index contributed by atoms with van der Waals surface area (Å²) in [5.41, 5.74) is 0.217. The monoisotopic (exact) mass is 256 g/mol. The van der Waals surface area contributed by atoms with Crippen molar-refractivity contribution < 1.29 is 19.0 Å². The second-order valence-corrected chi connectivity index (χ2v) is 5.27. The smallest absolute Gasteiger partial charge is 0.339 e. The van der Waals surface area contributed by atoms with E-state index in [-0.39, 0.29) is 5.56 Å². The molecule has 0 spiro atoms. The molecule has 1 atom stereocenters. The molecule has 1 unspecified atom stereocenters. The van der Waals surface area contributed by atoms with Crippen LogP contribution < -0.4 is 0 Å². The van der Waals surface area contributed by atoms with Crippen molar-refractivity contribution in [3.63, 3.8) is 0 Å². The Kier molecular flexibility index (Phi) is 3.69. The molecule has 92 valence electrons. The Balaban J connectivity index is 2.14. The van der Waals surface area contributed by atoms with Gasteiger partial charge in [0.15, 0.2) is 6.10 Å². The Morgan fingerprint density at radius 3 is 2.82 bits per heavy atom. The molecule has 0 aliphatic heterocycles. The first-order valence-corrected chi connectivity index (χ1v) is 6.22. The van der Waals surface area contributed by atoms with Crippen LogP contribution in [-0.4, -0.2) is 23.4 Å². The van der Waals surface area contributed by atoms with Crippen LogP contribution in [-0.2, 0) is 9.53 Å². The molecule has 0 heterocycles. The van der Waals surface area contributed by atoms with Crippen molar-refractivity contribution in [3.05, 3.63) is 29.6 Å². The van der Waals surface area contributed by atoms with E-state index < -0.39 is 17.9 Å². The molecule has 5 heteroatoms. The van der Waals surface area contributed by atoms with Gasteiger partial charge in [-0.25, -0.2) is 9.18 Å². The number of thioether (sulfide) groups is 1. The minimum atomic E-state index is -1.42. The first kappa shape index (κ1) is 12.4. The average molecular weight is 256 g/mol. The fourth-order valence-electron chi connectivity index (χ4n) is 1.40. The fourth-order valence-corrected chi connectivity index (χ4v) is 2.44. The molecule has 0 bridgehead atoms. The highest BCUT2D eigenvalue weighted by atomic mass is 32.2. The molecule has 17 heavy (non-hydrogen) atoms. The summed E-state index contributed by atoms with van der Waals surface area (Å²) in [6.07, 6.45) is 0.822. The SMILES string of the molecule is COC(=O)C(O)c1ccc(SC2CC2)c(F)c1. The van der Waals surface area contributed by atoms with Gasteiger partial charge in [0.1, 0.15) is 5.82 Å². The van der Waals surface area contributed by atoms with E-state index in [1.165, 1.54) is 24.9 Å². The molecule has 1 N–H and O–H groups in total. The summed E-state index contributed by atoms with van der Waals surface area (Å²) in [5, 5.41) is 10.1. The van der Waals surface area contributed by atoms with Gasteiger partial charge in [-0.05, 0) is 30.5 Å². The molecule has 1 aromatic rings. The van der Waals surface area contributed by atoms with Crippen molar-refractivity contribution in [1.29, 1.82) is 0 Å². The number of esters is 1. The van der Waals surface area contributed by atoms with Gasteiger partial charge in [-0.2, -0.15) is 0 Å². The average Bonchev–Trinajstić information content (AvgIpc) is 3.13. The number of aliphatic hydroxyl groups is 1. The number of halogens is 1. The molecule has 2 rings (SSSR count). The van der Waals surface area contributed by atoms with Gasteiger partial charge in [-0.15, -0.1) is 11.8 Å². The normalized spacial score (nSPS) is 16.6. The fraction of sp³-hybridized carbons (Fsp3) is 0.417. The van der Waals surface area contributed by atoms with E-state index in [0.717, 1.165) is 12.8 Å². The van der Waals surface area contributed by atoms with Crippen LogP contribution in [0.5, 0.6) is 0 Å². The Labute approximate surface area is 103 Å². The molecular weight excluding hydrogens is 243 g/mol. The van der Waals surface area contributed by atoms with Crippen molar-refractivity contribution >= 4 is 17.7 Å². The standard InChI is InChI=1S/C12H13FO3S/c1-16-12(15)11(14)7-2-5-10(9(13)6-7)17-8-3-4-8/h2,5-6,8,11,14H,3-4H2,1H3. The van der Waals surface area contributed by atoms with Crippen LogP contribution >= 0.6 is 11.8 Å². The lowest BCUT2D eigenvalue weighted by atomic mass is 10.1. The molecule has 1 aliphatic rings. The first-order chi connectivity index (χ1) is 8.11. The van der Waals surface area contributed by atoms with Gasteiger partial charge >= 0.3 is 5.97 Å². The van der Waals surface area contributed by atoms with Gasteiger partial charge in [0.2, 0.25) is 0 Å². The lowest BCUT2D eigenvalue weighted by molar-refractivity contribution is -0.150. The maximum absolute atomic E-state index is 13.7. The van der Waals surface area contributed by atoms with Gasteiger partial charge in [0, 0.05) is 10.1 Å². The molecule has 0 aromatic heterocycles. The number of hydrogen-bond donors (Lipinski definition) is 1. The summed E-state index contributed by atoms with van der Waals surface area (Å²) in [6.45, 7) is 0. The summed E-state index contributed by atoms with van der Waals surface area (Å²) in [6, 6.07) is 4.33. The Bertz CT molecular complexity index is 432. The van der Waals surface area contributed by atoms with Gasteiger partial charge in [0.25, 0.3) is 0 Å². The number of ether oxygens (including phenoxy) is 1. The first-order valence-electron chi connectivity index (χ1n) is 5.34.